The van der Waals surface area contributed by atoms with E-state index in [-0.39, 0.29) is 0 Å². The Hall–Kier alpha value is -1.02. The van der Waals surface area contributed by atoms with E-state index in [1.54, 1.807) is 0 Å². The summed E-state index contributed by atoms with van der Waals surface area (Å²) < 4.78 is 5.98. The van der Waals surface area contributed by atoms with E-state index in [4.69, 9.17) is 4.74 Å². The topological polar surface area (TPSA) is 21.3 Å². The highest BCUT2D eigenvalue weighted by Gasteiger charge is 2.14. The molecular formula is C14H21NO. The van der Waals surface area contributed by atoms with Crippen LogP contribution in [0, 0.1) is 0 Å². The van der Waals surface area contributed by atoms with Gasteiger partial charge < -0.3 is 10.1 Å². The molecule has 0 saturated carbocycles. The molecule has 1 atom stereocenters. The van der Waals surface area contributed by atoms with Crippen LogP contribution >= 0.6 is 0 Å². The summed E-state index contributed by atoms with van der Waals surface area (Å²) >= 11 is 0. The van der Waals surface area contributed by atoms with Gasteiger partial charge in [-0.1, -0.05) is 26.0 Å². The van der Waals surface area contributed by atoms with E-state index in [1.165, 1.54) is 18.4 Å². The van der Waals surface area contributed by atoms with Crippen LogP contribution in [0.4, 0.5) is 0 Å². The van der Waals surface area contributed by atoms with Gasteiger partial charge in [0.2, 0.25) is 0 Å². The molecule has 2 heteroatoms. The summed E-state index contributed by atoms with van der Waals surface area (Å²) in [4.78, 5) is 0. The highest BCUT2D eigenvalue weighted by atomic mass is 16.5. The Morgan fingerprint density at radius 2 is 2.25 bits per heavy atom. The number of benzene rings is 1. The van der Waals surface area contributed by atoms with E-state index in [0.29, 0.717) is 12.0 Å². The number of hydrogen-bond donors (Lipinski definition) is 1. The minimum atomic E-state index is 0.344. The highest BCUT2D eigenvalue weighted by Crippen LogP contribution is 2.22. The average Bonchev–Trinajstić information content (AvgIpc) is 2.30. The molecule has 1 N–H and O–H groups in total. The van der Waals surface area contributed by atoms with Crippen molar-refractivity contribution in [2.75, 3.05) is 13.1 Å². The lowest BCUT2D eigenvalue weighted by molar-refractivity contribution is 0.167. The summed E-state index contributed by atoms with van der Waals surface area (Å²) in [5.74, 6) is 1.58. The predicted octanol–water partition coefficient (Wildman–Crippen LogP) is 2.94. The van der Waals surface area contributed by atoms with Crippen LogP contribution in [0.1, 0.15) is 38.2 Å². The average molecular weight is 219 g/mol. The van der Waals surface area contributed by atoms with Crippen LogP contribution in [0.3, 0.4) is 0 Å². The number of rotatable bonds is 3. The second kappa shape index (κ2) is 5.35. The number of piperidine rings is 1. The summed E-state index contributed by atoms with van der Waals surface area (Å²) in [6, 6.07) is 8.47. The Kier molecular flexibility index (Phi) is 3.83. The van der Waals surface area contributed by atoms with Gasteiger partial charge in [0, 0.05) is 6.54 Å². The molecule has 2 rings (SSSR count). The van der Waals surface area contributed by atoms with E-state index in [0.717, 1.165) is 18.8 Å². The molecule has 1 aliphatic heterocycles. The fourth-order valence-electron chi connectivity index (χ4n) is 2.06. The standard InChI is InChI=1S/C14H21NO/c1-11(2)12-5-3-6-13(9-12)16-14-7-4-8-15-10-14/h3,5-6,9,11,14-15H,4,7-8,10H2,1-2H3/t14-/m0/s1. The van der Waals surface area contributed by atoms with Crippen LogP contribution in [0.5, 0.6) is 5.75 Å². The van der Waals surface area contributed by atoms with E-state index >= 15 is 0 Å². The summed E-state index contributed by atoms with van der Waals surface area (Å²) in [6.07, 6.45) is 2.73. The largest absolute Gasteiger partial charge is 0.489 e. The van der Waals surface area contributed by atoms with Crippen LogP contribution in [0.15, 0.2) is 24.3 Å². The van der Waals surface area contributed by atoms with Crippen molar-refractivity contribution in [3.8, 4) is 5.75 Å². The van der Waals surface area contributed by atoms with E-state index in [9.17, 15) is 0 Å². The van der Waals surface area contributed by atoms with Crippen LogP contribution in [0.2, 0.25) is 0 Å². The highest BCUT2D eigenvalue weighted by molar-refractivity contribution is 5.30. The molecule has 0 spiro atoms. The molecule has 0 unspecified atom stereocenters. The van der Waals surface area contributed by atoms with Gasteiger partial charge >= 0.3 is 0 Å². The lowest BCUT2D eigenvalue weighted by Crippen LogP contribution is -2.37. The van der Waals surface area contributed by atoms with Gasteiger partial charge in [-0.3, -0.25) is 0 Å². The first-order valence-corrected chi connectivity index (χ1v) is 6.23. The zero-order valence-electron chi connectivity index (χ0n) is 10.2. The maximum atomic E-state index is 5.98. The van der Waals surface area contributed by atoms with Crippen LogP contribution in [0.25, 0.3) is 0 Å². The molecule has 0 radical (unpaired) electrons. The maximum Gasteiger partial charge on any atom is 0.120 e. The lowest BCUT2D eigenvalue weighted by atomic mass is 10.0. The molecule has 1 fully saturated rings. The third-order valence-electron chi connectivity index (χ3n) is 3.08. The normalized spacial score (nSPS) is 21.1. The third-order valence-corrected chi connectivity index (χ3v) is 3.08. The zero-order chi connectivity index (χ0) is 11.4. The molecule has 0 aliphatic carbocycles. The van der Waals surface area contributed by atoms with Crippen LogP contribution in [-0.2, 0) is 0 Å². The monoisotopic (exact) mass is 219 g/mol. The first kappa shape index (κ1) is 11.5. The SMILES string of the molecule is CC(C)c1cccc(O[C@H]2CCCNC2)c1. The molecule has 1 heterocycles. The van der Waals surface area contributed by atoms with Crippen molar-refractivity contribution in [1.82, 2.24) is 5.32 Å². The number of ether oxygens (including phenoxy) is 1. The van der Waals surface area contributed by atoms with E-state index in [2.05, 4.69) is 43.4 Å². The van der Waals surface area contributed by atoms with Gasteiger partial charge in [-0.15, -0.1) is 0 Å². The minimum Gasteiger partial charge on any atom is -0.489 e. The van der Waals surface area contributed by atoms with Crippen LogP contribution in [-0.4, -0.2) is 19.2 Å². The summed E-state index contributed by atoms with van der Waals surface area (Å²) in [5, 5.41) is 3.37. The minimum absolute atomic E-state index is 0.344. The summed E-state index contributed by atoms with van der Waals surface area (Å²) in [5.41, 5.74) is 1.35. The molecule has 88 valence electrons. The van der Waals surface area contributed by atoms with Gasteiger partial charge in [0.15, 0.2) is 0 Å². The quantitative estimate of drug-likeness (QED) is 0.844. The Balaban J connectivity index is 2.00. The van der Waals surface area contributed by atoms with Gasteiger partial charge in [0.05, 0.1) is 0 Å². The number of hydrogen-bond acceptors (Lipinski definition) is 2. The van der Waals surface area contributed by atoms with Crippen LogP contribution < -0.4 is 10.1 Å². The van der Waals surface area contributed by atoms with Gasteiger partial charge in [0.25, 0.3) is 0 Å². The van der Waals surface area contributed by atoms with Crippen molar-refractivity contribution in [2.24, 2.45) is 0 Å². The smallest absolute Gasteiger partial charge is 0.120 e. The van der Waals surface area contributed by atoms with Crippen molar-refractivity contribution >= 4 is 0 Å². The molecule has 2 nitrogen and oxygen atoms in total. The Bertz CT molecular complexity index is 329. The predicted molar refractivity (Wildman–Crippen MR) is 67.1 cm³/mol. The fraction of sp³-hybridized carbons (Fsp3) is 0.571. The Morgan fingerprint density at radius 3 is 2.94 bits per heavy atom. The molecule has 1 saturated heterocycles. The molecule has 0 bridgehead atoms. The first-order valence-electron chi connectivity index (χ1n) is 6.23. The van der Waals surface area contributed by atoms with Crippen molar-refractivity contribution in [2.45, 2.75) is 38.7 Å². The third kappa shape index (κ3) is 2.99. The van der Waals surface area contributed by atoms with Crippen molar-refractivity contribution < 1.29 is 4.74 Å². The van der Waals surface area contributed by atoms with Gasteiger partial charge in [-0.05, 0) is 43.0 Å². The zero-order valence-corrected chi connectivity index (χ0v) is 10.2. The van der Waals surface area contributed by atoms with E-state index < -0.39 is 0 Å². The summed E-state index contributed by atoms with van der Waals surface area (Å²) in [6.45, 7) is 6.53. The molecule has 16 heavy (non-hydrogen) atoms. The van der Waals surface area contributed by atoms with Crippen molar-refractivity contribution in [3.63, 3.8) is 0 Å². The maximum absolute atomic E-state index is 5.98. The second-order valence-corrected chi connectivity index (χ2v) is 4.81. The Labute approximate surface area is 98.0 Å². The Morgan fingerprint density at radius 1 is 1.38 bits per heavy atom. The molecular weight excluding hydrogens is 198 g/mol. The molecule has 1 aromatic rings. The fourth-order valence-corrected chi connectivity index (χ4v) is 2.06. The molecule has 0 amide bonds. The van der Waals surface area contributed by atoms with Crippen molar-refractivity contribution in [3.05, 3.63) is 29.8 Å². The molecule has 1 aliphatic rings. The van der Waals surface area contributed by atoms with E-state index in [1.807, 2.05) is 0 Å². The number of nitrogens with one attached hydrogen (secondary N) is 1. The summed E-state index contributed by atoms with van der Waals surface area (Å²) in [7, 11) is 0. The first-order chi connectivity index (χ1) is 7.75. The lowest BCUT2D eigenvalue weighted by Gasteiger charge is -2.24. The van der Waals surface area contributed by atoms with Gasteiger partial charge in [-0.25, -0.2) is 0 Å². The molecule has 1 aromatic carbocycles. The van der Waals surface area contributed by atoms with Crippen molar-refractivity contribution in [1.29, 1.82) is 0 Å². The van der Waals surface area contributed by atoms with Gasteiger partial charge in [0.1, 0.15) is 11.9 Å². The second-order valence-electron chi connectivity index (χ2n) is 4.81. The molecule has 0 aromatic heterocycles. The van der Waals surface area contributed by atoms with Gasteiger partial charge in [-0.2, -0.15) is 0 Å².